The lowest BCUT2D eigenvalue weighted by atomic mass is 10.1. The minimum absolute atomic E-state index is 0.0732. The van der Waals surface area contributed by atoms with Gasteiger partial charge in [-0.05, 0) is 38.5 Å². The van der Waals surface area contributed by atoms with Crippen molar-refractivity contribution < 1.29 is 18.3 Å². The van der Waals surface area contributed by atoms with Gasteiger partial charge in [0.05, 0.1) is 11.5 Å². The minimum atomic E-state index is -3.35. The van der Waals surface area contributed by atoms with E-state index in [0.29, 0.717) is 11.1 Å². The monoisotopic (exact) mass is 299 g/mol. The molecule has 0 bridgehead atoms. The number of benzene rings is 1. The van der Waals surface area contributed by atoms with E-state index in [4.69, 9.17) is 5.11 Å². The third-order valence-electron chi connectivity index (χ3n) is 3.09. The maximum atomic E-state index is 12.5. The normalized spacial score (nSPS) is 11.7. The lowest BCUT2D eigenvalue weighted by Crippen LogP contribution is -2.39. The summed E-state index contributed by atoms with van der Waals surface area (Å²) >= 11 is 0. The van der Waals surface area contributed by atoms with Gasteiger partial charge < -0.3 is 10.0 Å². The standard InChI is InChI=1S/C14H21NO4S/c1-10(2)15(7-8-16)14(17)13-9-12(20(4,18)19)6-5-11(13)3/h5-6,9-10,16H,7-8H2,1-4H3. The Hall–Kier alpha value is -1.40. The zero-order chi connectivity index (χ0) is 15.5. The van der Waals surface area contributed by atoms with E-state index in [-0.39, 0.29) is 30.0 Å². The van der Waals surface area contributed by atoms with Crippen LogP contribution in [-0.4, -0.2) is 49.8 Å². The van der Waals surface area contributed by atoms with Crippen LogP contribution in [0.15, 0.2) is 23.1 Å². The van der Waals surface area contributed by atoms with Gasteiger partial charge in [0.25, 0.3) is 5.91 Å². The second-order valence-corrected chi connectivity index (χ2v) is 7.08. The van der Waals surface area contributed by atoms with E-state index in [1.54, 1.807) is 13.0 Å². The van der Waals surface area contributed by atoms with Gasteiger partial charge in [-0.1, -0.05) is 6.07 Å². The van der Waals surface area contributed by atoms with Crippen LogP contribution in [0.4, 0.5) is 0 Å². The van der Waals surface area contributed by atoms with E-state index in [9.17, 15) is 13.2 Å². The molecule has 1 amide bonds. The van der Waals surface area contributed by atoms with Crippen molar-refractivity contribution >= 4 is 15.7 Å². The summed E-state index contributed by atoms with van der Waals surface area (Å²) in [5, 5.41) is 9.04. The second kappa shape index (κ2) is 6.37. The lowest BCUT2D eigenvalue weighted by Gasteiger charge is -2.26. The number of aryl methyl sites for hydroxylation is 1. The highest BCUT2D eigenvalue weighted by molar-refractivity contribution is 7.90. The highest BCUT2D eigenvalue weighted by Gasteiger charge is 2.21. The predicted molar refractivity (Wildman–Crippen MR) is 77.5 cm³/mol. The molecule has 0 aliphatic carbocycles. The van der Waals surface area contributed by atoms with Crippen LogP contribution < -0.4 is 0 Å². The Kier molecular flexibility index (Phi) is 5.30. The number of hydrogen-bond donors (Lipinski definition) is 1. The van der Waals surface area contributed by atoms with E-state index in [1.807, 2.05) is 13.8 Å². The molecule has 6 heteroatoms. The first kappa shape index (κ1) is 16.7. The first-order valence-corrected chi connectivity index (χ1v) is 8.30. The Morgan fingerprint density at radius 3 is 2.40 bits per heavy atom. The first-order valence-electron chi connectivity index (χ1n) is 6.41. The fourth-order valence-electron chi connectivity index (χ4n) is 1.92. The third kappa shape index (κ3) is 3.80. The SMILES string of the molecule is Cc1ccc(S(C)(=O)=O)cc1C(=O)N(CCO)C(C)C. The number of amides is 1. The average Bonchev–Trinajstić information content (AvgIpc) is 2.34. The van der Waals surface area contributed by atoms with Crippen molar-refractivity contribution in [1.82, 2.24) is 4.90 Å². The molecule has 0 heterocycles. The fraction of sp³-hybridized carbons (Fsp3) is 0.500. The highest BCUT2D eigenvalue weighted by Crippen LogP contribution is 2.18. The molecule has 0 aromatic heterocycles. The maximum absolute atomic E-state index is 12.5. The van der Waals surface area contributed by atoms with Gasteiger partial charge in [0.1, 0.15) is 0 Å². The van der Waals surface area contributed by atoms with Crippen LogP contribution in [-0.2, 0) is 9.84 Å². The smallest absolute Gasteiger partial charge is 0.254 e. The predicted octanol–water partition coefficient (Wildman–Crippen LogP) is 1.24. The largest absolute Gasteiger partial charge is 0.395 e. The Morgan fingerprint density at radius 2 is 1.95 bits per heavy atom. The van der Waals surface area contributed by atoms with Gasteiger partial charge in [0.2, 0.25) is 0 Å². The molecular formula is C14H21NO4S. The summed E-state index contributed by atoms with van der Waals surface area (Å²) in [6.45, 7) is 5.55. The molecule has 5 nitrogen and oxygen atoms in total. The Bertz CT molecular complexity index is 593. The Balaban J connectivity index is 3.27. The summed E-state index contributed by atoms with van der Waals surface area (Å²) in [7, 11) is -3.35. The second-order valence-electron chi connectivity index (χ2n) is 5.06. The molecule has 0 unspecified atom stereocenters. The molecule has 1 rings (SSSR count). The molecule has 0 fully saturated rings. The van der Waals surface area contributed by atoms with Crippen LogP contribution in [0.5, 0.6) is 0 Å². The van der Waals surface area contributed by atoms with Crippen molar-refractivity contribution in [3.8, 4) is 0 Å². The molecule has 1 aromatic carbocycles. The van der Waals surface area contributed by atoms with Crippen LogP contribution in [0.25, 0.3) is 0 Å². The number of aliphatic hydroxyl groups is 1. The molecule has 0 atom stereocenters. The highest BCUT2D eigenvalue weighted by atomic mass is 32.2. The molecule has 0 spiro atoms. The number of nitrogens with zero attached hydrogens (tertiary/aromatic N) is 1. The van der Waals surface area contributed by atoms with Gasteiger partial charge in [0.15, 0.2) is 9.84 Å². The van der Waals surface area contributed by atoms with Crippen molar-refractivity contribution in [2.24, 2.45) is 0 Å². The van der Waals surface area contributed by atoms with Gasteiger partial charge in [0, 0.05) is 24.4 Å². The van der Waals surface area contributed by atoms with Gasteiger partial charge in [-0.2, -0.15) is 0 Å². The third-order valence-corrected chi connectivity index (χ3v) is 4.20. The topological polar surface area (TPSA) is 74.7 Å². The number of carbonyl (C=O) groups is 1. The zero-order valence-electron chi connectivity index (χ0n) is 12.3. The summed E-state index contributed by atoms with van der Waals surface area (Å²) in [6, 6.07) is 4.45. The van der Waals surface area contributed by atoms with Gasteiger partial charge in [-0.3, -0.25) is 4.79 Å². The molecule has 0 aliphatic heterocycles. The molecular weight excluding hydrogens is 278 g/mol. The van der Waals surface area contributed by atoms with Crippen LogP contribution in [0.1, 0.15) is 29.8 Å². The molecule has 0 saturated carbocycles. The van der Waals surface area contributed by atoms with Crippen molar-refractivity contribution in [3.63, 3.8) is 0 Å². The summed E-state index contributed by atoms with van der Waals surface area (Å²) in [4.78, 5) is 14.1. The number of hydrogen-bond acceptors (Lipinski definition) is 4. The van der Waals surface area contributed by atoms with Crippen molar-refractivity contribution in [2.75, 3.05) is 19.4 Å². The summed E-state index contributed by atoms with van der Waals surface area (Å²) in [5.41, 5.74) is 1.07. The van der Waals surface area contributed by atoms with Crippen LogP contribution in [0, 0.1) is 6.92 Å². The Morgan fingerprint density at radius 1 is 1.35 bits per heavy atom. The number of aliphatic hydroxyl groups excluding tert-OH is 1. The van der Waals surface area contributed by atoms with Gasteiger partial charge in [-0.25, -0.2) is 8.42 Å². The maximum Gasteiger partial charge on any atom is 0.254 e. The quantitative estimate of drug-likeness (QED) is 0.887. The Labute approximate surface area is 120 Å². The number of rotatable bonds is 5. The van der Waals surface area contributed by atoms with Crippen LogP contribution in [0.3, 0.4) is 0 Å². The molecule has 20 heavy (non-hydrogen) atoms. The molecule has 0 radical (unpaired) electrons. The van der Waals surface area contributed by atoms with Gasteiger partial charge >= 0.3 is 0 Å². The van der Waals surface area contributed by atoms with Crippen molar-refractivity contribution in [1.29, 1.82) is 0 Å². The van der Waals surface area contributed by atoms with E-state index in [0.717, 1.165) is 6.26 Å². The summed E-state index contributed by atoms with van der Waals surface area (Å²) in [5.74, 6) is -0.267. The fourth-order valence-corrected chi connectivity index (χ4v) is 2.57. The van der Waals surface area contributed by atoms with Crippen LogP contribution >= 0.6 is 0 Å². The van der Waals surface area contributed by atoms with E-state index < -0.39 is 9.84 Å². The van der Waals surface area contributed by atoms with Gasteiger partial charge in [-0.15, -0.1) is 0 Å². The molecule has 0 aliphatic rings. The number of carbonyl (C=O) groups excluding carboxylic acids is 1. The number of sulfone groups is 1. The van der Waals surface area contributed by atoms with Crippen molar-refractivity contribution in [2.45, 2.75) is 31.7 Å². The zero-order valence-corrected chi connectivity index (χ0v) is 13.1. The molecule has 1 N–H and O–H groups in total. The van der Waals surface area contributed by atoms with Crippen LogP contribution in [0.2, 0.25) is 0 Å². The van der Waals surface area contributed by atoms with Crippen molar-refractivity contribution in [3.05, 3.63) is 29.3 Å². The first-order chi connectivity index (χ1) is 9.18. The molecule has 1 aromatic rings. The molecule has 0 saturated heterocycles. The molecule has 112 valence electrons. The lowest BCUT2D eigenvalue weighted by molar-refractivity contribution is 0.0664. The summed E-state index contributed by atoms with van der Waals surface area (Å²) < 4.78 is 23.2. The van der Waals surface area contributed by atoms with E-state index >= 15 is 0 Å². The minimum Gasteiger partial charge on any atom is -0.395 e. The summed E-state index contributed by atoms with van der Waals surface area (Å²) in [6.07, 6.45) is 1.11. The average molecular weight is 299 g/mol. The van der Waals surface area contributed by atoms with E-state index in [2.05, 4.69) is 0 Å². The van der Waals surface area contributed by atoms with E-state index in [1.165, 1.54) is 17.0 Å².